The third-order valence-corrected chi connectivity index (χ3v) is 4.45. The molecule has 0 aliphatic heterocycles. The van der Waals surface area contributed by atoms with Gasteiger partial charge >= 0.3 is 0 Å². The lowest BCUT2D eigenvalue weighted by Gasteiger charge is -2.32. The van der Waals surface area contributed by atoms with Gasteiger partial charge in [0.15, 0.2) is 0 Å². The van der Waals surface area contributed by atoms with Gasteiger partial charge in [-0.1, -0.05) is 13.3 Å². The molecule has 2 nitrogen and oxygen atoms in total. The number of hydrogen-bond acceptors (Lipinski definition) is 2. The van der Waals surface area contributed by atoms with Crippen molar-refractivity contribution in [3.63, 3.8) is 0 Å². The summed E-state index contributed by atoms with van der Waals surface area (Å²) in [7, 11) is 0. The zero-order valence-electron chi connectivity index (χ0n) is 11.2. The molecule has 102 valence electrons. The Hall–Kier alpha value is -1.35. The number of halogens is 1. The van der Waals surface area contributed by atoms with Crippen LogP contribution in [-0.2, 0) is 0 Å². The smallest absolute Gasteiger partial charge is 0.134 e. The van der Waals surface area contributed by atoms with E-state index in [-0.39, 0.29) is 17.8 Å². The molecule has 0 radical (unpaired) electrons. The molecule has 0 saturated heterocycles. The largest absolute Gasteiger partial charge is 0.461 e. The van der Waals surface area contributed by atoms with Crippen LogP contribution in [-0.4, -0.2) is 6.04 Å². The highest BCUT2D eigenvalue weighted by Crippen LogP contribution is 2.38. The highest BCUT2D eigenvalue weighted by Gasteiger charge is 2.30. The maximum absolute atomic E-state index is 13.2. The zero-order chi connectivity index (χ0) is 13.4. The number of hydrogen-bond donors (Lipinski definition) is 1. The van der Waals surface area contributed by atoms with Crippen LogP contribution in [0.1, 0.15) is 44.3 Å². The SMILES string of the molecule is CCC1CCC(N)C(c2cc3cc(F)ccc3o2)C1. The van der Waals surface area contributed by atoms with Gasteiger partial charge in [-0.3, -0.25) is 0 Å². The van der Waals surface area contributed by atoms with Gasteiger partial charge in [0.2, 0.25) is 0 Å². The first-order valence-electron chi connectivity index (χ1n) is 7.12. The average Bonchev–Trinajstić information content (AvgIpc) is 2.82. The normalized spacial score (nSPS) is 27.8. The van der Waals surface area contributed by atoms with Gasteiger partial charge in [-0.15, -0.1) is 0 Å². The Balaban J connectivity index is 1.93. The van der Waals surface area contributed by atoms with Crippen LogP contribution in [0.2, 0.25) is 0 Å². The summed E-state index contributed by atoms with van der Waals surface area (Å²) >= 11 is 0. The van der Waals surface area contributed by atoms with Gasteiger partial charge in [0, 0.05) is 17.3 Å². The lowest BCUT2D eigenvalue weighted by atomic mass is 9.76. The fraction of sp³-hybridized carbons (Fsp3) is 0.500. The van der Waals surface area contributed by atoms with Crippen molar-refractivity contribution < 1.29 is 8.81 Å². The van der Waals surface area contributed by atoms with Crippen molar-refractivity contribution in [2.45, 2.75) is 44.6 Å². The van der Waals surface area contributed by atoms with Crippen molar-refractivity contribution in [3.05, 3.63) is 35.8 Å². The van der Waals surface area contributed by atoms with Gasteiger partial charge in [0.05, 0.1) is 0 Å². The summed E-state index contributed by atoms with van der Waals surface area (Å²) < 4.78 is 19.1. The van der Waals surface area contributed by atoms with Crippen molar-refractivity contribution in [1.29, 1.82) is 0 Å². The van der Waals surface area contributed by atoms with Gasteiger partial charge in [0.1, 0.15) is 17.2 Å². The Kier molecular flexibility index (Phi) is 3.31. The molecule has 1 aliphatic rings. The van der Waals surface area contributed by atoms with Crippen molar-refractivity contribution in [1.82, 2.24) is 0 Å². The van der Waals surface area contributed by atoms with E-state index in [2.05, 4.69) is 6.92 Å². The fourth-order valence-corrected chi connectivity index (χ4v) is 3.20. The topological polar surface area (TPSA) is 39.2 Å². The molecule has 1 aromatic carbocycles. The van der Waals surface area contributed by atoms with Crippen LogP contribution in [0, 0.1) is 11.7 Å². The summed E-state index contributed by atoms with van der Waals surface area (Å²) in [5.41, 5.74) is 7.00. The van der Waals surface area contributed by atoms with Crippen LogP contribution in [0.3, 0.4) is 0 Å². The molecule has 2 aromatic rings. The van der Waals surface area contributed by atoms with Crippen molar-refractivity contribution >= 4 is 11.0 Å². The molecule has 3 heteroatoms. The number of benzene rings is 1. The average molecular weight is 261 g/mol. The predicted octanol–water partition coefficient (Wildman–Crippen LogP) is 4.19. The lowest BCUT2D eigenvalue weighted by Crippen LogP contribution is -2.34. The van der Waals surface area contributed by atoms with Gasteiger partial charge in [-0.05, 0) is 49.4 Å². The Morgan fingerprint density at radius 2 is 2.16 bits per heavy atom. The number of fused-ring (bicyclic) bond motifs is 1. The van der Waals surface area contributed by atoms with Gasteiger partial charge in [-0.2, -0.15) is 0 Å². The van der Waals surface area contributed by atoms with Crippen LogP contribution in [0.25, 0.3) is 11.0 Å². The Morgan fingerprint density at radius 1 is 1.32 bits per heavy atom. The minimum Gasteiger partial charge on any atom is -0.461 e. The fourth-order valence-electron chi connectivity index (χ4n) is 3.20. The predicted molar refractivity (Wildman–Crippen MR) is 74.5 cm³/mol. The second-order valence-electron chi connectivity index (χ2n) is 5.69. The molecule has 0 bridgehead atoms. The van der Waals surface area contributed by atoms with Crippen LogP contribution in [0.4, 0.5) is 4.39 Å². The van der Waals surface area contributed by atoms with E-state index >= 15 is 0 Å². The van der Waals surface area contributed by atoms with E-state index in [1.54, 1.807) is 6.07 Å². The lowest BCUT2D eigenvalue weighted by molar-refractivity contribution is 0.260. The van der Waals surface area contributed by atoms with E-state index in [0.29, 0.717) is 0 Å². The molecule has 3 atom stereocenters. The van der Waals surface area contributed by atoms with E-state index in [4.69, 9.17) is 10.2 Å². The van der Waals surface area contributed by atoms with Gasteiger partial charge in [0.25, 0.3) is 0 Å². The van der Waals surface area contributed by atoms with Crippen LogP contribution >= 0.6 is 0 Å². The van der Waals surface area contributed by atoms with E-state index in [1.807, 2.05) is 6.07 Å². The molecule has 1 saturated carbocycles. The minimum absolute atomic E-state index is 0.160. The first-order valence-corrected chi connectivity index (χ1v) is 7.12. The summed E-state index contributed by atoms with van der Waals surface area (Å²) in [6.45, 7) is 2.23. The highest BCUT2D eigenvalue weighted by molar-refractivity contribution is 5.78. The molecule has 1 aliphatic carbocycles. The van der Waals surface area contributed by atoms with Crippen LogP contribution in [0.15, 0.2) is 28.7 Å². The highest BCUT2D eigenvalue weighted by atomic mass is 19.1. The first kappa shape index (κ1) is 12.7. The third-order valence-electron chi connectivity index (χ3n) is 4.45. The maximum atomic E-state index is 13.2. The summed E-state index contributed by atoms with van der Waals surface area (Å²) in [5.74, 6) is 1.70. The molecule has 2 N–H and O–H groups in total. The first-order chi connectivity index (χ1) is 9.17. The van der Waals surface area contributed by atoms with Gasteiger partial charge in [-0.25, -0.2) is 4.39 Å². The summed E-state index contributed by atoms with van der Waals surface area (Å²) in [5, 5.41) is 0.834. The van der Waals surface area contributed by atoms with E-state index < -0.39 is 0 Å². The van der Waals surface area contributed by atoms with Crippen LogP contribution in [0.5, 0.6) is 0 Å². The van der Waals surface area contributed by atoms with Gasteiger partial charge < -0.3 is 10.2 Å². The molecule has 1 aromatic heterocycles. The number of furan rings is 1. The number of nitrogens with two attached hydrogens (primary N) is 1. The van der Waals surface area contributed by atoms with Crippen LogP contribution < -0.4 is 5.73 Å². The van der Waals surface area contributed by atoms with E-state index in [9.17, 15) is 4.39 Å². The zero-order valence-corrected chi connectivity index (χ0v) is 11.2. The molecule has 0 amide bonds. The van der Waals surface area contributed by atoms with E-state index in [1.165, 1.54) is 25.0 Å². The second-order valence-corrected chi connectivity index (χ2v) is 5.69. The summed E-state index contributed by atoms with van der Waals surface area (Å²) in [6, 6.07) is 6.77. The summed E-state index contributed by atoms with van der Waals surface area (Å²) in [4.78, 5) is 0. The quantitative estimate of drug-likeness (QED) is 0.880. The monoisotopic (exact) mass is 261 g/mol. The molecule has 1 heterocycles. The molecular formula is C16H20FNO. The Bertz CT molecular complexity index is 577. The minimum atomic E-state index is -0.223. The van der Waals surface area contributed by atoms with Crippen molar-refractivity contribution in [2.75, 3.05) is 0 Å². The molecule has 3 rings (SSSR count). The standard InChI is InChI=1S/C16H20FNO/c1-2-10-3-5-14(18)13(7-10)16-9-11-8-12(17)4-6-15(11)19-16/h4,6,8-10,13-14H,2-3,5,7,18H2,1H3. The maximum Gasteiger partial charge on any atom is 0.134 e. The van der Waals surface area contributed by atoms with Crippen molar-refractivity contribution in [3.8, 4) is 0 Å². The Labute approximate surface area is 112 Å². The second kappa shape index (κ2) is 4.97. The van der Waals surface area contributed by atoms with E-state index in [0.717, 1.165) is 35.5 Å². The molecule has 19 heavy (non-hydrogen) atoms. The van der Waals surface area contributed by atoms with Crippen molar-refractivity contribution in [2.24, 2.45) is 11.7 Å². The summed E-state index contributed by atoms with van der Waals surface area (Å²) in [6.07, 6.45) is 4.54. The molecule has 0 spiro atoms. The molecular weight excluding hydrogens is 241 g/mol. The molecule has 1 fully saturated rings. The third kappa shape index (κ3) is 2.39. The molecule has 3 unspecified atom stereocenters. The number of rotatable bonds is 2. The Morgan fingerprint density at radius 3 is 2.95 bits per heavy atom.